The smallest absolute Gasteiger partial charge is 0.310 e. The molecule has 0 aromatic carbocycles. The van der Waals surface area contributed by atoms with Crippen LogP contribution in [0.3, 0.4) is 0 Å². The van der Waals surface area contributed by atoms with Crippen molar-refractivity contribution in [3.63, 3.8) is 0 Å². The molecule has 0 aliphatic heterocycles. The minimum Gasteiger partial charge on any atom is -0.310 e. The van der Waals surface area contributed by atoms with Crippen LogP contribution in [-0.2, 0) is 13.7 Å². The zero-order valence-corrected chi connectivity index (χ0v) is 10.5. The van der Waals surface area contributed by atoms with Crippen molar-refractivity contribution in [2.24, 2.45) is 0 Å². The fraction of sp³-hybridized carbons (Fsp3) is 0. The maximum Gasteiger partial charge on any atom is 3.00 e. The molecule has 2 radical (unpaired) electrons. The Hall–Kier alpha value is 1.06. The van der Waals surface area contributed by atoms with Gasteiger partial charge in [0, 0.05) is 0 Å². The van der Waals surface area contributed by atoms with Crippen LogP contribution in [0.1, 0.15) is 0 Å². The minimum atomic E-state index is -0.833. The van der Waals surface area contributed by atoms with Gasteiger partial charge in [-0.1, -0.05) is 0 Å². The molecular formula is H3BiO6P3+3. The summed E-state index contributed by atoms with van der Waals surface area (Å²) in [6.07, 6.45) is 0. The van der Waals surface area contributed by atoms with Crippen LogP contribution in [-0.4, -0.2) is 40.9 Å². The number of hydrogen-bond acceptors (Lipinski definition) is 3. The third-order valence-corrected chi connectivity index (χ3v) is 0. The van der Waals surface area contributed by atoms with E-state index in [4.69, 9.17) is 28.4 Å². The largest absolute Gasteiger partial charge is 3.00 e. The number of hydrogen-bond donors (Lipinski definition) is 3. The minimum absolute atomic E-state index is 0. The van der Waals surface area contributed by atoms with Gasteiger partial charge < -0.3 is 14.7 Å². The van der Waals surface area contributed by atoms with E-state index in [1.54, 1.807) is 0 Å². The molecule has 0 aliphatic rings. The van der Waals surface area contributed by atoms with Crippen molar-refractivity contribution < 1.29 is 28.4 Å². The van der Waals surface area contributed by atoms with Gasteiger partial charge in [0.1, 0.15) is 0 Å². The molecule has 0 saturated heterocycles. The van der Waals surface area contributed by atoms with Crippen LogP contribution in [0.4, 0.5) is 0 Å². The van der Waals surface area contributed by atoms with E-state index in [1.165, 1.54) is 0 Å². The first-order valence-electron chi connectivity index (χ1n) is 1.15. The Labute approximate surface area is 80.6 Å². The molecule has 10 heavy (non-hydrogen) atoms. The Morgan fingerprint density at radius 2 is 0.700 bits per heavy atom. The zero-order chi connectivity index (χ0) is 8.12. The van der Waals surface area contributed by atoms with E-state index < -0.39 is 26.1 Å². The van der Waals surface area contributed by atoms with Gasteiger partial charge in [0.25, 0.3) is 0 Å². The molecule has 0 unspecified atom stereocenters. The summed E-state index contributed by atoms with van der Waals surface area (Å²) < 4.78 is 25.4. The average molecular weight is 401 g/mol. The molecule has 56 valence electrons. The summed E-state index contributed by atoms with van der Waals surface area (Å²) in [5.41, 5.74) is 0. The summed E-state index contributed by atoms with van der Waals surface area (Å²) in [6, 6.07) is 0. The molecule has 6 nitrogen and oxygen atoms in total. The summed E-state index contributed by atoms with van der Waals surface area (Å²) in [4.78, 5) is 21.0. The van der Waals surface area contributed by atoms with Crippen LogP contribution in [0.5, 0.6) is 0 Å². The molecule has 0 fully saturated rings. The molecule has 0 aliphatic carbocycles. The van der Waals surface area contributed by atoms with Crippen molar-refractivity contribution >= 4 is 52.3 Å². The Balaban J connectivity index is -0.0000000257. The fourth-order valence-electron chi connectivity index (χ4n) is 0. The normalized spacial score (nSPS) is 6.30. The van der Waals surface area contributed by atoms with Gasteiger partial charge >= 0.3 is 52.3 Å². The molecule has 0 amide bonds. The van der Waals surface area contributed by atoms with Crippen molar-refractivity contribution in [2.75, 3.05) is 0 Å². The molecule has 0 spiro atoms. The predicted molar refractivity (Wildman–Crippen MR) is 35.2 cm³/mol. The third kappa shape index (κ3) is 521. The Kier molecular flexibility index (Phi) is 112. The molecule has 0 rings (SSSR count). The Bertz CT molecular complexity index is 49.7. The second-order valence-electron chi connectivity index (χ2n) is 0.245. The SMILES string of the molecule is O=PO.O=PO.O=PO.[Bi+3]. The quantitative estimate of drug-likeness (QED) is 0.395. The molecule has 0 aromatic heterocycles. The average Bonchev–Trinajstić information content (AvgIpc) is 1.70. The molecule has 10 heteroatoms. The van der Waals surface area contributed by atoms with Gasteiger partial charge in [-0.25, -0.2) is 13.7 Å². The number of rotatable bonds is 0. The third-order valence-electron chi connectivity index (χ3n) is 0. The summed E-state index contributed by atoms with van der Waals surface area (Å²) in [7, 11) is -2.50. The van der Waals surface area contributed by atoms with Gasteiger partial charge in [-0.2, -0.15) is 0 Å². The Morgan fingerprint density at radius 1 is 0.700 bits per heavy atom. The van der Waals surface area contributed by atoms with Crippen LogP contribution in [0.25, 0.3) is 0 Å². The van der Waals surface area contributed by atoms with Gasteiger partial charge in [-0.3, -0.25) is 0 Å². The van der Waals surface area contributed by atoms with E-state index in [9.17, 15) is 0 Å². The predicted octanol–water partition coefficient (Wildman–Crippen LogP) is 0.175. The maximum atomic E-state index is 8.46. The standard InChI is InChI=1S/Bi.3HO2P/c;3*1-3-2/h;3*(H,1,2)/q+3;;;. The van der Waals surface area contributed by atoms with E-state index in [-0.39, 0.29) is 26.2 Å². The topological polar surface area (TPSA) is 112 Å². The Morgan fingerprint density at radius 3 is 0.700 bits per heavy atom. The van der Waals surface area contributed by atoms with Crippen molar-refractivity contribution in [1.29, 1.82) is 0 Å². The van der Waals surface area contributed by atoms with E-state index in [2.05, 4.69) is 0 Å². The van der Waals surface area contributed by atoms with Crippen LogP contribution < -0.4 is 0 Å². The van der Waals surface area contributed by atoms with Crippen LogP contribution in [0, 0.1) is 0 Å². The fourth-order valence-corrected chi connectivity index (χ4v) is 0. The van der Waals surface area contributed by atoms with E-state index in [0.717, 1.165) is 0 Å². The molecule has 0 saturated carbocycles. The molecule has 0 bridgehead atoms. The van der Waals surface area contributed by atoms with Crippen LogP contribution >= 0.6 is 26.1 Å². The molecule has 3 N–H and O–H groups in total. The van der Waals surface area contributed by atoms with Crippen molar-refractivity contribution in [1.82, 2.24) is 0 Å². The van der Waals surface area contributed by atoms with Crippen molar-refractivity contribution in [2.45, 2.75) is 0 Å². The second kappa shape index (κ2) is 50.1. The second-order valence-corrected chi connectivity index (χ2v) is 0.735. The molecule has 0 aromatic rings. The molecular weight excluding hydrogens is 398 g/mol. The van der Waals surface area contributed by atoms with Crippen LogP contribution in [0.15, 0.2) is 0 Å². The molecule has 0 heterocycles. The first-order valence-corrected chi connectivity index (χ1v) is 3.44. The summed E-state index contributed by atoms with van der Waals surface area (Å²) in [5.74, 6) is 0. The van der Waals surface area contributed by atoms with Crippen molar-refractivity contribution in [3.8, 4) is 0 Å². The summed E-state index contributed by atoms with van der Waals surface area (Å²) in [6.45, 7) is 0. The maximum absolute atomic E-state index is 8.46. The van der Waals surface area contributed by atoms with E-state index in [1.807, 2.05) is 0 Å². The van der Waals surface area contributed by atoms with Crippen LogP contribution in [0.2, 0.25) is 0 Å². The zero-order valence-electron chi connectivity index (χ0n) is 4.36. The van der Waals surface area contributed by atoms with E-state index >= 15 is 0 Å². The molecule has 0 atom stereocenters. The van der Waals surface area contributed by atoms with Gasteiger partial charge in [0.05, 0.1) is 0 Å². The summed E-state index contributed by atoms with van der Waals surface area (Å²) >= 11 is 0. The van der Waals surface area contributed by atoms with Gasteiger partial charge in [-0.15, -0.1) is 0 Å². The first kappa shape index (κ1) is 22.5. The summed E-state index contributed by atoms with van der Waals surface area (Å²) in [5, 5.41) is 0. The van der Waals surface area contributed by atoms with Gasteiger partial charge in [0.2, 0.25) is 0 Å². The monoisotopic (exact) mass is 401 g/mol. The van der Waals surface area contributed by atoms with Gasteiger partial charge in [-0.05, 0) is 0 Å². The first-order chi connectivity index (χ1) is 4.24. The van der Waals surface area contributed by atoms with Gasteiger partial charge in [0.15, 0.2) is 0 Å². The van der Waals surface area contributed by atoms with Crippen molar-refractivity contribution in [3.05, 3.63) is 0 Å². The van der Waals surface area contributed by atoms with E-state index in [0.29, 0.717) is 0 Å².